The van der Waals surface area contributed by atoms with E-state index in [1.165, 1.54) is 11.7 Å². The van der Waals surface area contributed by atoms with E-state index in [2.05, 4.69) is 9.97 Å². The first kappa shape index (κ1) is 11.4. The molecular formula is C11H13N3O3. The molecule has 0 unspecified atom stereocenters. The first-order chi connectivity index (χ1) is 8.10. The number of nitrogens with one attached hydrogen (secondary N) is 1. The molecule has 0 saturated heterocycles. The first-order valence-corrected chi connectivity index (χ1v) is 5.25. The molecule has 6 nitrogen and oxygen atoms in total. The highest BCUT2D eigenvalue weighted by atomic mass is 16.5. The van der Waals surface area contributed by atoms with Gasteiger partial charge in [-0.2, -0.15) is 0 Å². The maximum atomic E-state index is 11.8. The number of H-pyrrole nitrogens is 1. The maximum Gasteiger partial charge on any atom is 0.329 e. The van der Waals surface area contributed by atoms with Crippen molar-refractivity contribution in [1.29, 1.82) is 0 Å². The second-order valence-electron chi connectivity index (χ2n) is 3.69. The highest BCUT2D eigenvalue weighted by Gasteiger charge is 2.14. The SMILES string of the molecule is CCc1cnc2c(c1OC)c(=O)[nH]c(=O)n2C. The molecule has 0 amide bonds. The number of hydrogen-bond acceptors (Lipinski definition) is 4. The van der Waals surface area contributed by atoms with Crippen LogP contribution >= 0.6 is 0 Å². The van der Waals surface area contributed by atoms with Crippen LogP contribution in [0, 0.1) is 0 Å². The zero-order valence-electron chi connectivity index (χ0n) is 9.90. The fourth-order valence-electron chi connectivity index (χ4n) is 1.81. The van der Waals surface area contributed by atoms with Crippen LogP contribution in [0.1, 0.15) is 12.5 Å². The third-order valence-electron chi connectivity index (χ3n) is 2.74. The molecule has 0 fully saturated rings. The Balaban J connectivity index is 3.05. The molecule has 2 heterocycles. The summed E-state index contributed by atoms with van der Waals surface area (Å²) in [6, 6.07) is 0. The lowest BCUT2D eigenvalue weighted by Gasteiger charge is -2.10. The van der Waals surface area contributed by atoms with Crippen LogP contribution < -0.4 is 16.0 Å². The van der Waals surface area contributed by atoms with Gasteiger partial charge in [0.25, 0.3) is 5.56 Å². The van der Waals surface area contributed by atoms with Crippen LogP contribution in [0.25, 0.3) is 11.0 Å². The lowest BCUT2D eigenvalue weighted by atomic mass is 10.1. The number of pyridine rings is 1. The van der Waals surface area contributed by atoms with Gasteiger partial charge in [-0.1, -0.05) is 6.92 Å². The van der Waals surface area contributed by atoms with Crippen molar-refractivity contribution >= 4 is 11.0 Å². The van der Waals surface area contributed by atoms with E-state index in [0.717, 1.165) is 5.56 Å². The Morgan fingerprint density at radius 3 is 2.76 bits per heavy atom. The normalized spacial score (nSPS) is 10.8. The maximum absolute atomic E-state index is 11.8. The third-order valence-corrected chi connectivity index (χ3v) is 2.74. The Morgan fingerprint density at radius 2 is 2.18 bits per heavy atom. The molecule has 0 aliphatic carbocycles. The Kier molecular flexibility index (Phi) is 2.71. The predicted octanol–water partition coefficient (Wildman–Crippen LogP) is 0.193. The Hall–Kier alpha value is -2.11. The van der Waals surface area contributed by atoms with Gasteiger partial charge in [-0.15, -0.1) is 0 Å². The Morgan fingerprint density at radius 1 is 1.47 bits per heavy atom. The molecule has 0 aliphatic heterocycles. The standard InChI is InChI=1S/C11H13N3O3/c1-4-6-5-12-9-7(8(6)17-3)10(15)13-11(16)14(9)2/h5H,4H2,1-3H3,(H,13,15,16). The zero-order valence-corrected chi connectivity index (χ0v) is 9.90. The number of aromatic amines is 1. The van der Waals surface area contributed by atoms with Crippen LogP contribution in [0.5, 0.6) is 5.75 Å². The molecule has 0 atom stereocenters. The van der Waals surface area contributed by atoms with E-state index >= 15 is 0 Å². The van der Waals surface area contributed by atoms with Crippen LogP contribution in [0.2, 0.25) is 0 Å². The molecule has 17 heavy (non-hydrogen) atoms. The summed E-state index contributed by atoms with van der Waals surface area (Å²) in [7, 11) is 3.05. The quantitative estimate of drug-likeness (QED) is 0.806. The fourth-order valence-corrected chi connectivity index (χ4v) is 1.81. The number of nitrogens with zero attached hydrogens (tertiary/aromatic N) is 2. The Labute approximate surface area is 96.9 Å². The lowest BCUT2D eigenvalue weighted by molar-refractivity contribution is 0.414. The van der Waals surface area contributed by atoms with Crippen LogP contribution in [0.4, 0.5) is 0 Å². The van der Waals surface area contributed by atoms with Crippen LogP contribution in [-0.2, 0) is 13.5 Å². The number of rotatable bonds is 2. The van der Waals surface area contributed by atoms with Crippen molar-refractivity contribution in [3.05, 3.63) is 32.6 Å². The third kappa shape index (κ3) is 1.61. The van der Waals surface area contributed by atoms with Gasteiger partial charge in [0.1, 0.15) is 11.1 Å². The minimum absolute atomic E-state index is 0.314. The largest absolute Gasteiger partial charge is 0.495 e. The Bertz CT molecular complexity index is 685. The van der Waals surface area contributed by atoms with Crippen molar-refractivity contribution in [2.45, 2.75) is 13.3 Å². The smallest absolute Gasteiger partial charge is 0.329 e. The predicted molar refractivity (Wildman–Crippen MR) is 63.5 cm³/mol. The summed E-state index contributed by atoms with van der Waals surface area (Å²) in [5, 5.41) is 0.314. The van der Waals surface area contributed by atoms with E-state index in [1.54, 1.807) is 13.2 Å². The molecule has 2 aromatic heterocycles. The van der Waals surface area contributed by atoms with Crippen molar-refractivity contribution in [3.63, 3.8) is 0 Å². The van der Waals surface area contributed by atoms with Gasteiger partial charge in [-0.3, -0.25) is 14.3 Å². The highest BCUT2D eigenvalue weighted by Crippen LogP contribution is 2.24. The van der Waals surface area contributed by atoms with Crippen molar-refractivity contribution in [3.8, 4) is 5.75 Å². The number of ether oxygens (including phenoxy) is 1. The highest BCUT2D eigenvalue weighted by molar-refractivity contribution is 5.82. The van der Waals surface area contributed by atoms with Crippen molar-refractivity contribution in [2.75, 3.05) is 7.11 Å². The van der Waals surface area contributed by atoms with Crippen molar-refractivity contribution in [1.82, 2.24) is 14.5 Å². The summed E-state index contributed by atoms with van der Waals surface area (Å²) in [4.78, 5) is 29.6. The number of aryl methyl sites for hydroxylation is 2. The zero-order chi connectivity index (χ0) is 12.6. The van der Waals surface area contributed by atoms with E-state index < -0.39 is 11.2 Å². The molecule has 2 rings (SSSR count). The van der Waals surface area contributed by atoms with Gasteiger partial charge in [0.2, 0.25) is 0 Å². The summed E-state index contributed by atoms with van der Waals surface area (Å²) in [6.07, 6.45) is 2.33. The van der Waals surface area contributed by atoms with Gasteiger partial charge >= 0.3 is 5.69 Å². The molecule has 1 N–H and O–H groups in total. The molecule has 0 spiro atoms. The minimum atomic E-state index is -0.485. The lowest BCUT2D eigenvalue weighted by Crippen LogP contribution is -2.29. The molecule has 2 aromatic rings. The second kappa shape index (κ2) is 4.04. The molecule has 6 heteroatoms. The molecule has 0 saturated carbocycles. The van der Waals surface area contributed by atoms with E-state index in [4.69, 9.17) is 4.74 Å². The van der Waals surface area contributed by atoms with Gasteiger partial charge in [-0.05, 0) is 6.42 Å². The molecular weight excluding hydrogens is 222 g/mol. The average molecular weight is 235 g/mol. The second-order valence-corrected chi connectivity index (χ2v) is 3.69. The van der Waals surface area contributed by atoms with Crippen molar-refractivity contribution in [2.24, 2.45) is 7.05 Å². The number of aromatic nitrogens is 3. The summed E-state index contributed by atoms with van der Waals surface area (Å²) in [5.74, 6) is 0.481. The minimum Gasteiger partial charge on any atom is -0.495 e. The summed E-state index contributed by atoms with van der Waals surface area (Å²) < 4.78 is 6.54. The van der Waals surface area contributed by atoms with Crippen LogP contribution in [-0.4, -0.2) is 21.6 Å². The van der Waals surface area contributed by atoms with E-state index in [1.807, 2.05) is 6.92 Å². The van der Waals surface area contributed by atoms with Gasteiger partial charge in [0.15, 0.2) is 5.65 Å². The molecule has 0 bridgehead atoms. The summed E-state index contributed by atoms with van der Waals surface area (Å²) in [6.45, 7) is 1.95. The van der Waals surface area contributed by atoms with Crippen LogP contribution in [0.15, 0.2) is 15.8 Å². The van der Waals surface area contributed by atoms with Gasteiger partial charge < -0.3 is 4.74 Å². The van der Waals surface area contributed by atoms with Gasteiger partial charge in [0.05, 0.1) is 7.11 Å². The van der Waals surface area contributed by atoms with E-state index in [-0.39, 0.29) is 0 Å². The summed E-state index contributed by atoms with van der Waals surface area (Å²) >= 11 is 0. The average Bonchev–Trinajstić information content (AvgIpc) is 2.34. The summed E-state index contributed by atoms with van der Waals surface area (Å²) in [5.41, 5.74) is 0.209. The van der Waals surface area contributed by atoms with Crippen LogP contribution in [0.3, 0.4) is 0 Å². The van der Waals surface area contributed by atoms with E-state index in [9.17, 15) is 9.59 Å². The van der Waals surface area contributed by atoms with Crippen molar-refractivity contribution < 1.29 is 4.74 Å². The first-order valence-electron chi connectivity index (χ1n) is 5.25. The molecule has 0 aromatic carbocycles. The molecule has 0 aliphatic rings. The van der Waals surface area contributed by atoms with E-state index in [0.29, 0.717) is 23.2 Å². The van der Waals surface area contributed by atoms with Gasteiger partial charge in [-0.25, -0.2) is 9.78 Å². The molecule has 0 radical (unpaired) electrons. The number of hydrogen-bond donors (Lipinski definition) is 1. The fraction of sp³-hybridized carbons (Fsp3) is 0.364. The number of methoxy groups -OCH3 is 1. The topological polar surface area (TPSA) is 77.0 Å². The monoisotopic (exact) mass is 235 g/mol. The number of fused-ring (bicyclic) bond motifs is 1. The molecule has 90 valence electrons. The van der Waals surface area contributed by atoms with Gasteiger partial charge in [0, 0.05) is 18.8 Å².